The summed E-state index contributed by atoms with van der Waals surface area (Å²) in [6, 6.07) is 7.78. The van der Waals surface area contributed by atoms with Crippen molar-refractivity contribution in [1.29, 1.82) is 0 Å². The van der Waals surface area contributed by atoms with Gasteiger partial charge >= 0.3 is 0 Å². The van der Waals surface area contributed by atoms with Crippen LogP contribution in [0.4, 0.5) is 5.69 Å². The molecular weight excluding hydrogens is 344 g/mol. The van der Waals surface area contributed by atoms with E-state index < -0.39 is 0 Å². The fourth-order valence-electron chi connectivity index (χ4n) is 1.83. The lowest BCUT2D eigenvalue weighted by molar-refractivity contribution is -0.122. The lowest BCUT2D eigenvalue weighted by Crippen LogP contribution is -2.39. The molecule has 0 spiro atoms. The van der Waals surface area contributed by atoms with Gasteiger partial charge in [-0.2, -0.15) is 0 Å². The first kappa shape index (κ1) is 18.7. The Morgan fingerprint density at radius 3 is 2.27 bits per heavy atom. The Morgan fingerprint density at radius 1 is 1.18 bits per heavy atom. The predicted molar refractivity (Wildman–Crippen MR) is 94.2 cm³/mol. The average Bonchev–Trinajstić information content (AvgIpc) is 2.46. The Bertz CT molecular complexity index is 506. The zero-order valence-corrected chi connectivity index (χ0v) is 15.3. The van der Waals surface area contributed by atoms with E-state index in [2.05, 4.69) is 33.5 Å². The second kappa shape index (κ2) is 8.32. The summed E-state index contributed by atoms with van der Waals surface area (Å²) < 4.78 is 0. The molecule has 0 radical (unpaired) electrons. The molecule has 0 heterocycles. The van der Waals surface area contributed by atoms with Crippen LogP contribution in [0.25, 0.3) is 0 Å². The van der Waals surface area contributed by atoms with Crippen LogP contribution in [0.15, 0.2) is 24.3 Å². The average molecular weight is 369 g/mol. The molecule has 0 aromatic heterocycles. The molecule has 0 bridgehead atoms. The molecular formula is C17H25BrN2O2. The third-order valence-electron chi connectivity index (χ3n) is 3.29. The van der Waals surface area contributed by atoms with Crippen LogP contribution < -0.4 is 10.6 Å². The van der Waals surface area contributed by atoms with Crippen molar-refractivity contribution in [2.75, 3.05) is 11.9 Å². The molecule has 0 fully saturated rings. The van der Waals surface area contributed by atoms with Gasteiger partial charge < -0.3 is 10.6 Å². The van der Waals surface area contributed by atoms with E-state index in [-0.39, 0.29) is 28.5 Å². The van der Waals surface area contributed by atoms with E-state index >= 15 is 0 Å². The highest BCUT2D eigenvalue weighted by atomic mass is 79.9. The smallest absolute Gasteiger partial charge is 0.234 e. The molecule has 5 heteroatoms. The van der Waals surface area contributed by atoms with Crippen LogP contribution in [-0.2, 0) is 16.0 Å². The first-order chi connectivity index (χ1) is 10.2. The highest BCUT2D eigenvalue weighted by Crippen LogP contribution is 2.25. The normalized spacial score (nSPS) is 12.6. The topological polar surface area (TPSA) is 58.2 Å². The summed E-state index contributed by atoms with van der Waals surface area (Å²) in [5.41, 5.74) is 1.85. The van der Waals surface area contributed by atoms with Crippen LogP contribution in [0.3, 0.4) is 0 Å². The van der Waals surface area contributed by atoms with E-state index in [1.165, 1.54) is 5.56 Å². The third-order valence-corrected chi connectivity index (χ3v) is 5.08. The molecule has 1 aromatic carbocycles. The van der Waals surface area contributed by atoms with Crippen LogP contribution >= 0.6 is 15.9 Å². The van der Waals surface area contributed by atoms with Crippen molar-refractivity contribution in [3.05, 3.63) is 29.8 Å². The van der Waals surface area contributed by atoms with E-state index in [4.69, 9.17) is 0 Å². The summed E-state index contributed by atoms with van der Waals surface area (Å²) in [6.07, 6.45) is 1.23. The number of anilines is 1. The molecule has 22 heavy (non-hydrogen) atoms. The summed E-state index contributed by atoms with van der Waals surface area (Å²) in [4.78, 5) is 23.5. The van der Waals surface area contributed by atoms with Crippen LogP contribution in [-0.4, -0.2) is 23.2 Å². The van der Waals surface area contributed by atoms with Gasteiger partial charge in [-0.25, -0.2) is 0 Å². The van der Waals surface area contributed by atoms with Crippen molar-refractivity contribution in [2.24, 2.45) is 5.41 Å². The van der Waals surface area contributed by atoms with Gasteiger partial charge in [-0.05, 0) is 29.5 Å². The zero-order chi connectivity index (χ0) is 16.8. The van der Waals surface area contributed by atoms with E-state index in [1.807, 2.05) is 45.0 Å². The number of aryl methyl sites for hydroxylation is 1. The van der Waals surface area contributed by atoms with Crippen LogP contribution in [0, 0.1) is 5.41 Å². The number of alkyl halides is 1. The van der Waals surface area contributed by atoms with Gasteiger partial charge in [0.25, 0.3) is 0 Å². The molecule has 2 N–H and O–H groups in total. The van der Waals surface area contributed by atoms with Crippen molar-refractivity contribution < 1.29 is 9.59 Å². The Balaban J connectivity index is 2.35. The van der Waals surface area contributed by atoms with Gasteiger partial charge in [-0.1, -0.05) is 55.8 Å². The Labute approximate surface area is 141 Å². The van der Waals surface area contributed by atoms with Gasteiger partial charge in [0.1, 0.15) is 0 Å². The molecule has 1 atom stereocenters. The molecule has 1 unspecified atom stereocenters. The Morgan fingerprint density at radius 2 is 1.77 bits per heavy atom. The molecule has 4 nitrogen and oxygen atoms in total. The number of hydrogen-bond donors (Lipinski definition) is 2. The first-order valence-corrected chi connectivity index (χ1v) is 8.46. The first-order valence-electron chi connectivity index (χ1n) is 7.54. The van der Waals surface area contributed by atoms with Gasteiger partial charge in [0.15, 0.2) is 0 Å². The Kier molecular flexibility index (Phi) is 7.07. The van der Waals surface area contributed by atoms with Gasteiger partial charge in [0.2, 0.25) is 11.8 Å². The standard InChI is InChI=1S/C17H25BrN2O2/c1-5-12-6-8-13(9-7-12)20-14(21)10-11-19-16(22)15(18)17(2,3)4/h6-9,15H,5,10-11H2,1-4H3,(H,19,22)(H,20,21). The summed E-state index contributed by atoms with van der Waals surface area (Å²) in [7, 11) is 0. The number of nitrogens with one attached hydrogen (secondary N) is 2. The number of rotatable bonds is 6. The minimum atomic E-state index is -0.273. The molecule has 0 aliphatic rings. The fourth-order valence-corrected chi connectivity index (χ4v) is 1.99. The number of halogens is 1. The van der Waals surface area contributed by atoms with Gasteiger partial charge in [-0.15, -0.1) is 0 Å². The number of carbonyl (C=O) groups is 2. The second-order valence-electron chi connectivity index (χ2n) is 6.37. The summed E-state index contributed by atoms with van der Waals surface area (Å²) >= 11 is 3.39. The van der Waals surface area contributed by atoms with Crippen molar-refractivity contribution in [3.63, 3.8) is 0 Å². The lowest BCUT2D eigenvalue weighted by atomic mass is 9.92. The van der Waals surface area contributed by atoms with Crippen molar-refractivity contribution in [3.8, 4) is 0 Å². The largest absolute Gasteiger partial charge is 0.355 e. The number of amides is 2. The van der Waals surface area contributed by atoms with E-state index in [1.54, 1.807) is 0 Å². The number of hydrogen-bond acceptors (Lipinski definition) is 2. The minimum absolute atomic E-state index is 0.0902. The van der Waals surface area contributed by atoms with Crippen molar-refractivity contribution in [1.82, 2.24) is 5.32 Å². The minimum Gasteiger partial charge on any atom is -0.355 e. The highest BCUT2D eigenvalue weighted by molar-refractivity contribution is 9.10. The van der Waals surface area contributed by atoms with Gasteiger partial charge in [-0.3, -0.25) is 9.59 Å². The lowest BCUT2D eigenvalue weighted by Gasteiger charge is -2.24. The summed E-state index contributed by atoms with van der Waals surface area (Å²) in [5, 5.41) is 5.60. The van der Waals surface area contributed by atoms with E-state index in [9.17, 15) is 9.59 Å². The number of carbonyl (C=O) groups excluding carboxylic acids is 2. The molecule has 1 rings (SSSR count). The third kappa shape index (κ3) is 6.18. The monoisotopic (exact) mass is 368 g/mol. The van der Waals surface area contributed by atoms with Gasteiger partial charge in [0, 0.05) is 18.7 Å². The van der Waals surface area contributed by atoms with Crippen LogP contribution in [0.2, 0.25) is 0 Å². The van der Waals surface area contributed by atoms with Crippen molar-refractivity contribution in [2.45, 2.75) is 45.4 Å². The highest BCUT2D eigenvalue weighted by Gasteiger charge is 2.28. The molecule has 122 valence electrons. The van der Waals surface area contributed by atoms with Crippen LogP contribution in [0.1, 0.15) is 39.7 Å². The maximum Gasteiger partial charge on any atom is 0.234 e. The maximum absolute atomic E-state index is 11.9. The Hall–Kier alpha value is -1.36. The van der Waals surface area contributed by atoms with Crippen LogP contribution in [0.5, 0.6) is 0 Å². The molecule has 0 saturated heterocycles. The molecule has 0 aliphatic carbocycles. The molecule has 0 saturated carbocycles. The van der Waals surface area contributed by atoms with E-state index in [0.717, 1.165) is 12.1 Å². The molecule has 2 amide bonds. The molecule has 1 aromatic rings. The zero-order valence-electron chi connectivity index (χ0n) is 13.7. The maximum atomic E-state index is 11.9. The van der Waals surface area contributed by atoms with E-state index in [0.29, 0.717) is 6.54 Å². The summed E-state index contributed by atoms with van der Waals surface area (Å²) in [5.74, 6) is -0.195. The van der Waals surface area contributed by atoms with Gasteiger partial charge in [0.05, 0.1) is 4.83 Å². The second-order valence-corrected chi connectivity index (χ2v) is 7.28. The fraction of sp³-hybridized carbons (Fsp3) is 0.529. The van der Waals surface area contributed by atoms with Crippen molar-refractivity contribution >= 4 is 33.4 Å². The quantitative estimate of drug-likeness (QED) is 0.754. The summed E-state index contributed by atoms with van der Waals surface area (Å²) in [6.45, 7) is 8.37. The SMILES string of the molecule is CCc1ccc(NC(=O)CCNC(=O)C(Br)C(C)(C)C)cc1. The predicted octanol–water partition coefficient (Wildman–Crippen LogP) is 3.50. The molecule has 0 aliphatic heterocycles. The number of benzene rings is 1.